The third kappa shape index (κ3) is 7.24. The second-order valence-corrected chi connectivity index (χ2v) is 5.68. The molecule has 0 aromatic heterocycles. The third-order valence-electron chi connectivity index (χ3n) is 2.49. The van der Waals surface area contributed by atoms with Crippen LogP contribution in [0.3, 0.4) is 0 Å². The van der Waals surface area contributed by atoms with E-state index in [1.807, 2.05) is 6.92 Å². The van der Waals surface area contributed by atoms with Gasteiger partial charge in [0.1, 0.15) is 0 Å². The van der Waals surface area contributed by atoms with Crippen molar-refractivity contribution in [3.8, 4) is 0 Å². The summed E-state index contributed by atoms with van der Waals surface area (Å²) in [4.78, 5) is 0. The number of likely N-dealkylation sites (N-methyl/N-ethyl adjacent to an activating group) is 1. The van der Waals surface area contributed by atoms with Crippen molar-refractivity contribution in [2.75, 3.05) is 54.1 Å². The maximum Gasteiger partial charge on any atom is 0.279 e. The number of ether oxygens (including phenoxy) is 2. The van der Waals surface area contributed by atoms with Crippen LogP contribution < -0.4 is 10.0 Å². The highest BCUT2D eigenvalue weighted by atomic mass is 32.2. The fraction of sp³-hybridized carbons (Fsp3) is 1.00. The van der Waals surface area contributed by atoms with Gasteiger partial charge < -0.3 is 14.8 Å². The average molecular weight is 283 g/mol. The summed E-state index contributed by atoms with van der Waals surface area (Å²) in [5.74, 6) is 0. The molecule has 0 heterocycles. The van der Waals surface area contributed by atoms with Crippen LogP contribution >= 0.6 is 0 Å². The summed E-state index contributed by atoms with van der Waals surface area (Å²) in [6.45, 7) is 3.57. The molecule has 110 valence electrons. The molecule has 0 aromatic rings. The largest absolute Gasteiger partial charge is 0.383 e. The Balaban J connectivity index is 4.42. The highest BCUT2D eigenvalue weighted by molar-refractivity contribution is 7.87. The molecule has 0 saturated carbocycles. The monoisotopic (exact) mass is 283 g/mol. The lowest BCUT2D eigenvalue weighted by Crippen LogP contribution is -2.47. The standard InChI is InChI=1S/C10H25N3O4S/c1-10(11-2)9-12-18(14,15)13(5-7-16-3)6-8-17-4/h10-12H,5-9H2,1-4H3. The Morgan fingerprint density at radius 3 is 2.06 bits per heavy atom. The summed E-state index contributed by atoms with van der Waals surface area (Å²) in [7, 11) is 1.37. The number of methoxy groups -OCH3 is 2. The average Bonchev–Trinajstić information content (AvgIpc) is 2.35. The molecule has 1 atom stereocenters. The fourth-order valence-electron chi connectivity index (χ4n) is 1.16. The van der Waals surface area contributed by atoms with E-state index in [9.17, 15) is 8.42 Å². The first-order chi connectivity index (χ1) is 8.47. The van der Waals surface area contributed by atoms with E-state index in [-0.39, 0.29) is 6.04 Å². The first kappa shape index (κ1) is 17.8. The lowest BCUT2D eigenvalue weighted by molar-refractivity contribution is 0.149. The van der Waals surface area contributed by atoms with E-state index in [0.29, 0.717) is 32.8 Å². The molecule has 0 radical (unpaired) electrons. The number of hydrogen-bond donors (Lipinski definition) is 2. The number of rotatable bonds is 11. The lowest BCUT2D eigenvalue weighted by atomic mass is 10.4. The topological polar surface area (TPSA) is 79.9 Å². The molecule has 0 aromatic carbocycles. The van der Waals surface area contributed by atoms with Gasteiger partial charge in [-0.05, 0) is 14.0 Å². The molecule has 0 fully saturated rings. The molecule has 2 N–H and O–H groups in total. The Hall–Kier alpha value is -0.250. The molecule has 0 saturated heterocycles. The summed E-state index contributed by atoms with van der Waals surface area (Å²) < 4.78 is 37.8. The van der Waals surface area contributed by atoms with Crippen LogP contribution in [0.1, 0.15) is 6.92 Å². The lowest BCUT2D eigenvalue weighted by Gasteiger charge is -2.22. The zero-order chi connectivity index (χ0) is 14.0. The van der Waals surface area contributed by atoms with E-state index in [1.54, 1.807) is 7.05 Å². The van der Waals surface area contributed by atoms with Crippen molar-refractivity contribution in [3.63, 3.8) is 0 Å². The molecule has 1 unspecified atom stereocenters. The van der Waals surface area contributed by atoms with Crippen molar-refractivity contribution in [1.29, 1.82) is 0 Å². The maximum absolute atomic E-state index is 12.0. The second kappa shape index (κ2) is 9.65. The van der Waals surface area contributed by atoms with Crippen LogP contribution in [0.4, 0.5) is 0 Å². The second-order valence-electron chi connectivity index (χ2n) is 3.93. The van der Waals surface area contributed by atoms with Gasteiger partial charge in [-0.15, -0.1) is 0 Å². The van der Waals surface area contributed by atoms with Gasteiger partial charge in [-0.3, -0.25) is 0 Å². The first-order valence-corrected chi connectivity index (χ1v) is 7.31. The Morgan fingerprint density at radius 1 is 1.17 bits per heavy atom. The van der Waals surface area contributed by atoms with Gasteiger partial charge in [0.25, 0.3) is 10.2 Å². The van der Waals surface area contributed by atoms with Gasteiger partial charge >= 0.3 is 0 Å². The van der Waals surface area contributed by atoms with Crippen LogP contribution in [0.25, 0.3) is 0 Å². The summed E-state index contributed by atoms with van der Waals surface area (Å²) in [6.07, 6.45) is 0. The summed E-state index contributed by atoms with van der Waals surface area (Å²) in [5, 5.41) is 2.97. The van der Waals surface area contributed by atoms with E-state index in [4.69, 9.17) is 9.47 Å². The SMILES string of the molecule is CNC(C)CNS(=O)(=O)N(CCOC)CCOC. The van der Waals surface area contributed by atoms with Crippen molar-refractivity contribution in [1.82, 2.24) is 14.3 Å². The molecule has 0 bridgehead atoms. The minimum Gasteiger partial charge on any atom is -0.383 e. The minimum absolute atomic E-state index is 0.0754. The van der Waals surface area contributed by atoms with Crippen LogP contribution in [0.2, 0.25) is 0 Å². The van der Waals surface area contributed by atoms with Crippen molar-refractivity contribution in [2.45, 2.75) is 13.0 Å². The molecule has 0 aliphatic carbocycles. The molecule has 0 spiro atoms. The molecule has 18 heavy (non-hydrogen) atoms. The predicted molar refractivity (Wildman–Crippen MR) is 70.8 cm³/mol. The Labute approximate surface area is 110 Å². The maximum atomic E-state index is 12.0. The summed E-state index contributed by atoms with van der Waals surface area (Å²) in [6, 6.07) is 0.0754. The zero-order valence-electron chi connectivity index (χ0n) is 11.6. The zero-order valence-corrected chi connectivity index (χ0v) is 12.4. The van der Waals surface area contributed by atoms with Crippen molar-refractivity contribution < 1.29 is 17.9 Å². The number of nitrogens with one attached hydrogen (secondary N) is 2. The van der Waals surface area contributed by atoms with Gasteiger partial charge in [0.2, 0.25) is 0 Å². The number of nitrogens with zero attached hydrogens (tertiary/aromatic N) is 1. The van der Waals surface area contributed by atoms with Gasteiger partial charge in [-0.2, -0.15) is 12.7 Å². The quantitative estimate of drug-likeness (QED) is 0.510. The highest BCUT2D eigenvalue weighted by Gasteiger charge is 2.21. The third-order valence-corrected chi connectivity index (χ3v) is 4.07. The van der Waals surface area contributed by atoms with Gasteiger partial charge in [0, 0.05) is 39.9 Å². The summed E-state index contributed by atoms with van der Waals surface area (Å²) >= 11 is 0. The van der Waals surface area contributed by atoms with Crippen LogP contribution in [0.15, 0.2) is 0 Å². The van der Waals surface area contributed by atoms with Crippen molar-refractivity contribution in [3.05, 3.63) is 0 Å². The first-order valence-electron chi connectivity index (χ1n) is 5.87. The Morgan fingerprint density at radius 2 is 1.67 bits per heavy atom. The van der Waals surface area contributed by atoms with E-state index in [2.05, 4.69) is 10.0 Å². The van der Waals surface area contributed by atoms with Crippen LogP contribution in [0.5, 0.6) is 0 Å². The Kier molecular flexibility index (Phi) is 9.52. The van der Waals surface area contributed by atoms with Crippen LogP contribution in [0, 0.1) is 0 Å². The van der Waals surface area contributed by atoms with E-state index >= 15 is 0 Å². The molecule has 8 heteroatoms. The van der Waals surface area contributed by atoms with Gasteiger partial charge in [-0.25, -0.2) is 4.72 Å². The minimum atomic E-state index is -3.49. The summed E-state index contributed by atoms with van der Waals surface area (Å²) in [5.41, 5.74) is 0. The van der Waals surface area contributed by atoms with Gasteiger partial charge in [-0.1, -0.05) is 0 Å². The number of hydrogen-bond acceptors (Lipinski definition) is 5. The smallest absolute Gasteiger partial charge is 0.279 e. The molecule has 0 amide bonds. The molecular formula is C10H25N3O4S. The van der Waals surface area contributed by atoms with Crippen LogP contribution in [-0.4, -0.2) is 72.9 Å². The van der Waals surface area contributed by atoms with Crippen molar-refractivity contribution in [2.24, 2.45) is 0 Å². The molecule has 0 aliphatic rings. The molecule has 0 rings (SSSR count). The van der Waals surface area contributed by atoms with Gasteiger partial charge in [0.05, 0.1) is 13.2 Å². The normalized spacial score (nSPS) is 14.1. The Bertz CT molecular complexity index is 289. The van der Waals surface area contributed by atoms with E-state index < -0.39 is 10.2 Å². The highest BCUT2D eigenvalue weighted by Crippen LogP contribution is 1.98. The van der Waals surface area contributed by atoms with E-state index in [1.165, 1.54) is 18.5 Å². The molecule has 0 aliphatic heterocycles. The van der Waals surface area contributed by atoms with Crippen molar-refractivity contribution >= 4 is 10.2 Å². The molecular weight excluding hydrogens is 258 g/mol. The van der Waals surface area contributed by atoms with Crippen LogP contribution in [-0.2, 0) is 19.7 Å². The molecule has 7 nitrogen and oxygen atoms in total. The predicted octanol–water partition coefficient (Wildman–Crippen LogP) is -0.976. The van der Waals surface area contributed by atoms with Gasteiger partial charge in [0.15, 0.2) is 0 Å². The van der Waals surface area contributed by atoms with E-state index in [0.717, 1.165) is 0 Å². The fourth-order valence-corrected chi connectivity index (χ4v) is 2.44.